The summed E-state index contributed by atoms with van der Waals surface area (Å²) in [6.07, 6.45) is 6.33. The summed E-state index contributed by atoms with van der Waals surface area (Å²) in [5, 5.41) is 0. The van der Waals surface area contributed by atoms with E-state index in [-0.39, 0.29) is 17.9 Å². The van der Waals surface area contributed by atoms with Crippen LogP contribution < -0.4 is 5.62 Å². The molecule has 3 aromatic rings. The number of imidazole rings is 1. The molecule has 2 aromatic heterocycles. The first-order valence-electron chi connectivity index (χ1n) is 9.27. The highest BCUT2D eigenvalue weighted by molar-refractivity contribution is 5.94. The van der Waals surface area contributed by atoms with Gasteiger partial charge in [-0.3, -0.25) is 14.6 Å². The lowest BCUT2D eigenvalue weighted by Gasteiger charge is -2.24. The van der Waals surface area contributed by atoms with Gasteiger partial charge in [-0.25, -0.2) is 0 Å². The van der Waals surface area contributed by atoms with Gasteiger partial charge in [0.2, 0.25) is 11.5 Å². The zero-order valence-electron chi connectivity index (χ0n) is 15.4. The number of hydrogen-bond donors (Lipinski definition) is 1. The summed E-state index contributed by atoms with van der Waals surface area (Å²) in [6, 6.07) is 11.2. The molecule has 4 rings (SSSR count). The molecule has 1 fully saturated rings. The minimum absolute atomic E-state index is 0.0390. The SMILES string of the molecule is C=CC(=O)N1CCCC1Cn1/c(=N\C(=O)c2cccnc2)[nH]c2ccccc21. The van der Waals surface area contributed by atoms with Crippen LogP contribution in [0.5, 0.6) is 0 Å². The van der Waals surface area contributed by atoms with Crippen molar-refractivity contribution in [3.8, 4) is 0 Å². The maximum absolute atomic E-state index is 12.6. The summed E-state index contributed by atoms with van der Waals surface area (Å²) in [6.45, 7) is 4.88. The second-order valence-electron chi connectivity index (χ2n) is 6.77. The molecule has 2 amide bonds. The number of para-hydroxylation sites is 2. The van der Waals surface area contributed by atoms with Crippen molar-refractivity contribution in [1.29, 1.82) is 0 Å². The van der Waals surface area contributed by atoms with Gasteiger partial charge in [0.15, 0.2) is 0 Å². The van der Waals surface area contributed by atoms with Crippen molar-refractivity contribution < 1.29 is 9.59 Å². The highest BCUT2D eigenvalue weighted by atomic mass is 16.2. The van der Waals surface area contributed by atoms with Crippen LogP contribution >= 0.6 is 0 Å². The minimum Gasteiger partial charge on any atom is -0.334 e. The predicted octanol–water partition coefficient (Wildman–Crippen LogP) is 2.28. The van der Waals surface area contributed by atoms with E-state index < -0.39 is 0 Å². The fourth-order valence-corrected chi connectivity index (χ4v) is 3.68. The van der Waals surface area contributed by atoms with Gasteiger partial charge >= 0.3 is 0 Å². The molecule has 1 aliphatic heterocycles. The molecule has 0 spiro atoms. The van der Waals surface area contributed by atoms with Crippen LogP contribution in [0.2, 0.25) is 0 Å². The Balaban J connectivity index is 1.76. The van der Waals surface area contributed by atoms with Crippen molar-refractivity contribution >= 4 is 22.8 Å². The van der Waals surface area contributed by atoms with Crippen molar-refractivity contribution in [3.05, 3.63) is 72.6 Å². The number of fused-ring (bicyclic) bond motifs is 1. The van der Waals surface area contributed by atoms with Gasteiger partial charge in [-0.15, -0.1) is 0 Å². The van der Waals surface area contributed by atoms with Crippen LogP contribution in [0.15, 0.2) is 66.4 Å². The smallest absolute Gasteiger partial charge is 0.281 e. The number of amides is 2. The van der Waals surface area contributed by atoms with E-state index in [1.54, 1.807) is 18.3 Å². The second kappa shape index (κ2) is 7.64. The molecule has 0 aliphatic carbocycles. The molecule has 1 atom stereocenters. The molecule has 7 heteroatoms. The molecule has 1 aliphatic rings. The normalized spacial score (nSPS) is 17.2. The third-order valence-corrected chi connectivity index (χ3v) is 5.04. The van der Waals surface area contributed by atoms with Crippen LogP contribution in [0.3, 0.4) is 0 Å². The molecule has 1 unspecified atom stereocenters. The Bertz CT molecular complexity index is 1100. The van der Waals surface area contributed by atoms with E-state index in [1.165, 1.54) is 12.3 Å². The van der Waals surface area contributed by atoms with Crippen LogP contribution in [-0.4, -0.2) is 43.8 Å². The van der Waals surface area contributed by atoms with Gasteiger partial charge in [0, 0.05) is 25.5 Å². The number of benzene rings is 1. The Morgan fingerprint density at radius 2 is 2.14 bits per heavy atom. The van der Waals surface area contributed by atoms with Crippen molar-refractivity contribution in [2.75, 3.05) is 6.54 Å². The van der Waals surface area contributed by atoms with E-state index in [0.29, 0.717) is 17.7 Å². The summed E-state index contributed by atoms with van der Waals surface area (Å²) < 4.78 is 1.98. The number of aromatic nitrogens is 3. The lowest BCUT2D eigenvalue weighted by molar-refractivity contribution is -0.127. The summed E-state index contributed by atoms with van der Waals surface area (Å²) in [4.78, 5) is 38.1. The van der Waals surface area contributed by atoms with Crippen LogP contribution in [0.4, 0.5) is 0 Å². The molecular weight excluding hydrogens is 354 g/mol. The van der Waals surface area contributed by atoms with E-state index in [2.05, 4.69) is 21.5 Å². The van der Waals surface area contributed by atoms with Crippen LogP contribution in [0.25, 0.3) is 11.0 Å². The largest absolute Gasteiger partial charge is 0.334 e. The maximum Gasteiger partial charge on any atom is 0.281 e. The quantitative estimate of drug-likeness (QED) is 0.710. The Hall–Kier alpha value is -3.48. The number of nitrogens with zero attached hydrogens (tertiary/aromatic N) is 4. The van der Waals surface area contributed by atoms with Gasteiger partial charge in [0.05, 0.1) is 22.6 Å². The van der Waals surface area contributed by atoms with Crippen molar-refractivity contribution in [3.63, 3.8) is 0 Å². The van der Waals surface area contributed by atoms with E-state index in [1.807, 2.05) is 33.7 Å². The number of nitrogens with one attached hydrogen (secondary N) is 1. The molecule has 0 radical (unpaired) electrons. The zero-order chi connectivity index (χ0) is 19.5. The van der Waals surface area contributed by atoms with Gasteiger partial charge in [0.1, 0.15) is 0 Å². The molecule has 28 heavy (non-hydrogen) atoms. The molecule has 1 aromatic carbocycles. The average Bonchev–Trinajstić information content (AvgIpc) is 3.33. The Kier molecular flexibility index (Phi) is 4.89. The lowest BCUT2D eigenvalue weighted by Crippen LogP contribution is -2.39. The predicted molar refractivity (Wildman–Crippen MR) is 105 cm³/mol. The zero-order valence-corrected chi connectivity index (χ0v) is 15.4. The fourth-order valence-electron chi connectivity index (χ4n) is 3.68. The van der Waals surface area contributed by atoms with E-state index in [9.17, 15) is 9.59 Å². The van der Waals surface area contributed by atoms with E-state index in [0.717, 1.165) is 30.4 Å². The Labute approximate surface area is 162 Å². The molecule has 1 saturated heterocycles. The first kappa shape index (κ1) is 17.9. The molecule has 0 bridgehead atoms. The van der Waals surface area contributed by atoms with Gasteiger partial charge < -0.3 is 14.5 Å². The van der Waals surface area contributed by atoms with Crippen LogP contribution in [0.1, 0.15) is 23.2 Å². The number of H-pyrrole nitrogens is 1. The monoisotopic (exact) mass is 375 g/mol. The second-order valence-corrected chi connectivity index (χ2v) is 6.77. The number of carbonyl (C=O) groups excluding carboxylic acids is 2. The summed E-state index contributed by atoms with van der Waals surface area (Å²) in [5.74, 6) is -0.424. The standard InChI is InChI=1S/C21H21N5O2/c1-2-19(27)25-12-6-8-16(25)14-26-18-10-4-3-9-17(18)23-21(26)24-20(28)15-7-5-11-22-13-15/h2-5,7,9-11,13,16H,1,6,8,12,14H2,(H,23,24,28). The van der Waals surface area contributed by atoms with Crippen molar-refractivity contribution in [1.82, 2.24) is 19.4 Å². The van der Waals surface area contributed by atoms with Gasteiger partial charge in [-0.2, -0.15) is 4.99 Å². The summed E-state index contributed by atoms with van der Waals surface area (Å²) in [5.41, 5.74) is 2.72. The van der Waals surface area contributed by atoms with Crippen LogP contribution in [0, 0.1) is 0 Å². The van der Waals surface area contributed by atoms with Gasteiger partial charge in [-0.05, 0) is 43.2 Å². The van der Waals surface area contributed by atoms with Crippen LogP contribution in [-0.2, 0) is 11.3 Å². The highest BCUT2D eigenvalue weighted by Crippen LogP contribution is 2.20. The summed E-state index contributed by atoms with van der Waals surface area (Å²) >= 11 is 0. The minimum atomic E-state index is -0.362. The molecule has 3 heterocycles. The highest BCUT2D eigenvalue weighted by Gasteiger charge is 2.28. The van der Waals surface area contributed by atoms with Gasteiger partial charge in [-0.1, -0.05) is 18.7 Å². The number of aromatic amines is 1. The number of carbonyl (C=O) groups is 2. The fraction of sp³-hybridized carbons (Fsp3) is 0.238. The summed E-state index contributed by atoms with van der Waals surface area (Å²) in [7, 11) is 0. The third kappa shape index (κ3) is 3.38. The number of hydrogen-bond acceptors (Lipinski definition) is 3. The van der Waals surface area contributed by atoms with E-state index in [4.69, 9.17) is 0 Å². The van der Waals surface area contributed by atoms with Crippen molar-refractivity contribution in [2.45, 2.75) is 25.4 Å². The number of likely N-dealkylation sites (tertiary alicyclic amines) is 1. The lowest BCUT2D eigenvalue weighted by atomic mass is 10.2. The maximum atomic E-state index is 12.6. The van der Waals surface area contributed by atoms with Crippen molar-refractivity contribution in [2.24, 2.45) is 4.99 Å². The molecule has 1 N–H and O–H groups in total. The Morgan fingerprint density at radius 3 is 2.93 bits per heavy atom. The molecule has 142 valence electrons. The average molecular weight is 375 g/mol. The van der Waals surface area contributed by atoms with E-state index >= 15 is 0 Å². The topological polar surface area (TPSA) is 83.3 Å². The third-order valence-electron chi connectivity index (χ3n) is 5.04. The molecule has 0 saturated carbocycles. The van der Waals surface area contributed by atoms with Gasteiger partial charge in [0.25, 0.3) is 5.91 Å². The Morgan fingerprint density at radius 1 is 1.29 bits per heavy atom. The first-order valence-corrected chi connectivity index (χ1v) is 9.27. The molecular formula is C21H21N5O2. The molecule has 7 nitrogen and oxygen atoms in total. The first-order chi connectivity index (χ1) is 13.7. The number of pyridine rings is 1. The number of rotatable bonds is 4.